The molecule has 0 saturated carbocycles. The van der Waals surface area contributed by atoms with E-state index in [0.717, 1.165) is 12.0 Å². The van der Waals surface area contributed by atoms with Crippen molar-refractivity contribution in [2.45, 2.75) is 38.5 Å². The van der Waals surface area contributed by atoms with Crippen LogP contribution in [0.15, 0.2) is 30.3 Å². The summed E-state index contributed by atoms with van der Waals surface area (Å²) in [5, 5.41) is 0. The third-order valence-corrected chi connectivity index (χ3v) is 4.25. The summed E-state index contributed by atoms with van der Waals surface area (Å²) in [5.41, 5.74) is 1.10. The Bertz CT molecular complexity index is 433. The van der Waals surface area contributed by atoms with Gasteiger partial charge in [0.1, 0.15) is 0 Å². The van der Waals surface area contributed by atoms with Crippen molar-refractivity contribution < 1.29 is 13.2 Å². The van der Waals surface area contributed by atoms with Crippen LogP contribution in [0.3, 0.4) is 0 Å². The molecule has 21 heavy (non-hydrogen) atoms. The zero-order valence-electron chi connectivity index (χ0n) is 12.6. The molecule has 1 fully saturated rings. The molecule has 1 aliphatic rings. The Morgan fingerprint density at radius 2 is 1.86 bits per heavy atom. The molecule has 0 radical (unpaired) electrons. The van der Waals surface area contributed by atoms with Crippen LogP contribution >= 0.6 is 0 Å². The molecule has 2 unspecified atom stereocenters. The second-order valence-electron chi connectivity index (χ2n) is 5.77. The van der Waals surface area contributed by atoms with Gasteiger partial charge in [-0.2, -0.15) is 13.2 Å². The average molecular weight is 300 g/mol. The molecule has 2 atom stereocenters. The van der Waals surface area contributed by atoms with Gasteiger partial charge in [0.25, 0.3) is 0 Å². The Morgan fingerprint density at radius 1 is 1.19 bits per heavy atom. The first-order valence-electron chi connectivity index (χ1n) is 7.50. The molecule has 1 saturated heterocycles. The van der Waals surface area contributed by atoms with E-state index >= 15 is 0 Å². The second-order valence-corrected chi connectivity index (χ2v) is 5.77. The van der Waals surface area contributed by atoms with E-state index in [1.807, 2.05) is 30.3 Å². The molecule has 0 N–H and O–H groups in total. The standard InChI is InChI=1S/C16H23F3N2/c1-3-13(2)21-10-9-20(12-16(17,18)19)11-15(21)14-7-5-4-6-8-14/h4-8,13,15H,3,9-12H2,1-2H3. The maximum absolute atomic E-state index is 12.6. The van der Waals surface area contributed by atoms with E-state index in [0.29, 0.717) is 25.7 Å². The van der Waals surface area contributed by atoms with E-state index in [4.69, 9.17) is 0 Å². The molecule has 1 aromatic rings. The van der Waals surface area contributed by atoms with Crippen LogP contribution in [-0.2, 0) is 0 Å². The van der Waals surface area contributed by atoms with Gasteiger partial charge in [0.2, 0.25) is 0 Å². The van der Waals surface area contributed by atoms with Gasteiger partial charge in [-0.1, -0.05) is 37.3 Å². The van der Waals surface area contributed by atoms with Crippen molar-refractivity contribution >= 4 is 0 Å². The summed E-state index contributed by atoms with van der Waals surface area (Å²) < 4.78 is 37.9. The minimum Gasteiger partial charge on any atom is -0.292 e. The fourth-order valence-electron chi connectivity index (χ4n) is 2.98. The molecular formula is C16H23F3N2. The molecule has 2 rings (SSSR count). The highest BCUT2D eigenvalue weighted by atomic mass is 19.4. The second kappa shape index (κ2) is 6.79. The van der Waals surface area contributed by atoms with E-state index in [-0.39, 0.29) is 6.04 Å². The summed E-state index contributed by atoms with van der Waals surface area (Å²) in [6.45, 7) is 5.06. The Hall–Kier alpha value is -1.07. The van der Waals surface area contributed by atoms with Crippen LogP contribution in [0.5, 0.6) is 0 Å². The van der Waals surface area contributed by atoms with E-state index in [1.54, 1.807) is 0 Å². The fraction of sp³-hybridized carbons (Fsp3) is 0.625. The van der Waals surface area contributed by atoms with E-state index in [1.165, 1.54) is 4.90 Å². The maximum Gasteiger partial charge on any atom is 0.401 e. The van der Waals surface area contributed by atoms with Gasteiger partial charge >= 0.3 is 6.18 Å². The van der Waals surface area contributed by atoms with Gasteiger partial charge in [0.05, 0.1) is 6.54 Å². The molecule has 0 spiro atoms. The molecule has 0 amide bonds. The topological polar surface area (TPSA) is 6.48 Å². The molecule has 2 nitrogen and oxygen atoms in total. The summed E-state index contributed by atoms with van der Waals surface area (Å²) in [7, 11) is 0. The first kappa shape index (κ1) is 16.3. The van der Waals surface area contributed by atoms with Crippen molar-refractivity contribution in [3.63, 3.8) is 0 Å². The van der Waals surface area contributed by atoms with Gasteiger partial charge in [-0.05, 0) is 18.9 Å². The molecule has 0 bridgehead atoms. The third kappa shape index (κ3) is 4.45. The maximum atomic E-state index is 12.6. The molecule has 1 aromatic carbocycles. The molecule has 1 heterocycles. The SMILES string of the molecule is CCC(C)N1CCN(CC(F)(F)F)CC1c1ccccc1. The number of hydrogen-bond donors (Lipinski definition) is 0. The summed E-state index contributed by atoms with van der Waals surface area (Å²) in [6.07, 6.45) is -3.12. The van der Waals surface area contributed by atoms with Crippen LogP contribution in [0, 0.1) is 0 Å². The number of rotatable bonds is 4. The Labute approximate surface area is 124 Å². The Balaban J connectivity index is 2.16. The summed E-state index contributed by atoms with van der Waals surface area (Å²) in [4.78, 5) is 3.86. The van der Waals surface area contributed by atoms with Crippen LogP contribution in [0.25, 0.3) is 0 Å². The highest BCUT2D eigenvalue weighted by Gasteiger charge is 2.36. The average Bonchev–Trinajstić information content (AvgIpc) is 2.45. The van der Waals surface area contributed by atoms with Gasteiger partial charge in [-0.15, -0.1) is 0 Å². The molecular weight excluding hydrogens is 277 g/mol. The van der Waals surface area contributed by atoms with Crippen LogP contribution in [0.2, 0.25) is 0 Å². The lowest BCUT2D eigenvalue weighted by Gasteiger charge is -2.44. The highest BCUT2D eigenvalue weighted by molar-refractivity contribution is 5.20. The number of hydrogen-bond acceptors (Lipinski definition) is 2. The minimum atomic E-state index is -4.13. The lowest BCUT2D eigenvalue weighted by molar-refractivity contribution is -0.152. The summed E-state index contributed by atoms with van der Waals surface area (Å²) in [6, 6.07) is 10.3. The normalized spacial score (nSPS) is 23.2. The van der Waals surface area contributed by atoms with Crippen molar-refractivity contribution in [2.24, 2.45) is 0 Å². The molecule has 5 heteroatoms. The van der Waals surface area contributed by atoms with Crippen molar-refractivity contribution in [3.8, 4) is 0 Å². The van der Waals surface area contributed by atoms with Gasteiger partial charge in [0.15, 0.2) is 0 Å². The predicted molar refractivity (Wildman–Crippen MR) is 78.1 cm³/mol. The molecule has 118 valence electrons. The van der Waals surface area contributed by atoms with Crippen LogP contribution in [-0.4, -0.2) is 48.2 Å². The van der Waals surface area contributed by atoms with Crippen LogP contribution < -0.4 is 0 Å². The van der Waals surface area contributed by atoms with E-state index in [9.17, 15) is 13.2 Å². The third-order valence-electron chi connectivity index (χ3n) is 4.25. The number of nitrogens with zero attached hydrogens (tertiary/aromatic N) is 2. The van der Waals surface area contributed by atoms with Crippen molar-refractivity contribution in [3.05, 3.63) is 35.9 Å². The van der Waals surface area contributed by atoms with Gasteiger partial charge in [-0.25, -0.2) is 0 Å². The number of benzene rings is 1. The van der Waals surface area contributed by atoms with Gasteiger partial charge in [0, 0.05) is 31.7 Å². The van der Waals surface area contributed by atoms with Crippen LogP contribution in [0.4, 0.5) is 13.2 Å². The number of alkyl halides is 3. The monoisotopic (exact) mass is 300 g/mol. The number of piperazine rings is 1. The zero-order chi connectivity index (χ0) is 15.5. The molecule has 1 aliphatic heterocycles. The number of halogens is 3. The molecule has 0 aromatic heterocycles. The van der Waals surface area contributed by atoms with E-state index < -0.39 is 12.7 Å². The lowest BCUT2D eigenvalue weighted by atomic mass is 9.99. The van der Waals surface area contributed by atoms with Gasteiger partial charge in [-0.3, -0.25) is 9.80 Å². The largest absolute Gasteiger partial charge is 0.401 e. The molecule has 0 aliphatic carbocycles. The first-order valence-corrected chi connectivity index (χ1v) is 7.50. The highest BCUT2D eigenvalue weighted by Crippen LogP contribution is 2.29. The van der Waals surface area contributed by atoms with Crippen LogP contribution in [0.1, 0.15) is 31.9 Å². The van der Waals surface area contributed by atoms with Gasteiger partial charge < -0.3 is 0 Å². The summed E-state index contributed by atoms with van der Waals surface area (Å²) in [5.74, 6) is 0. The van der Waals surface area contributed by atoms with Crippen molar-refractivity contribution in [1.82, 2.24) is 9.80 Å². The smallest absolute Gasteiger partial charge is 0.292 e. The summed E-state index contributed by atoms with van der Waals surface area (Å²) >= 11 is 0. The Kier molecular flexibility index (Phi) is 5.27. The van der Waals surface area contributed by atoms with Crippen molar-refractivity contribution in [2.75, 3.05) is 26.2 Å². The first-order chi connectivity index (χ1) is 9.90. The quantitative estimate of drug-likeness (QED) is 0.836. The Morgan fingerprint density at radius 3 is 2.43 bits per heavy atom. The van der Waals surface area contributed by atoms with Crippen molar-refractivity contribution in [1.29, 1.82) is 0 Å². The predicted octanol–water partition coefficient (Wildman–Crippen LogP) is 3.71. The zero-order valence-corrected chi connectivity index (χ0v) is 12.6. The minimum absolute atomic E-state index is 0.0391. The van der Waals surface area contributed by atoms with E-state index in [2.05, 4.69) is 18.7 Å². The lowest BCUT2D eigenvalue weighted by Crippen LogP contribution is -2.53. The fourth-order valence-corrected chi connectivity index (χ4v) is 2.98.